The number of para-hydroxylation sites is 1. The quantitative estimate of drug-likeness (QED) is 0.523. The van der Waals surface area contributed by atoms with Crippen molar-refractivity contribution in [3.63, 3.8) is 0 Å². The van der Waals surface area contributed by atoms with E-state index < -0.39 is 0 Å². The highest BCUT2D eigenvalue weighted by molar-refractivity contribution is 5.86. The molecule has 0 bridgehead atoms. The van der Waals surface area contributed by atoms with Crippen LogP contribution in [0.1, 0.15) is 5.56 Å². The van der Waals surface area contributed by atoms with Gasteiger partial charge in [-0.2, -0.15) is 5.10 Å². The summed E-state index contributed by atoms with van der Waals surface area (Å²) in [5.74, 6) is 5.99. The third kappa shape index (κ3) is 1.51. The zero-order chi connectivity index (χ0) is 12.5. The maximum absolute atomic E-state index is 5.42. The highest BCUT2D eigenvalue weighted by Crippen LogP contribution is 2.22. The van der Waals surface area contributed by atoms with Crippen LogP contribution in [0.25, 0.3) is 16.7 Å². The molecule has 0 spiro atoms. The summed E-state index contributed by atoms with van der Waals surface area (Å²) in [7, 11) is 0. The first-order valence-electron chi connectivity index (χ1n) is 5.52. The van der Waals surface area contributed by atoms with Crippen LogP contribution in [0.5, 0.6) is 0 Å². The smallest absolute Gasteiger partial charge is 0.168 e. The molecule has 3 aromatic rings. The fourth-order valence-electron chi connectivity index (χ4n) is 1.94. The second-order valence-electron chi connectivity index (χ2n) is 3.95. The molecule has 6 nitrogen and oxygen atoms in total. The molecule has 2 aromatic heterocycles. The Morgan fingerprint density at radius 1 is 1.22 bits per heavy atom. The third-order valence-corrected chi connectivity index (χ3v) is 2.85. The van der Waals surface area contributed by atoms with Crippen LogP contribution in [0, 0.1) is 6.92 Å². The number of aryl methyl sites for hydroxylation is 1. The number of aromatic nitrogens is 4. The summed E-state index contributed by atoms with van der Waals surface area (Å²) < 4.78 is 1.78. The molecular formula is C12H12N6. The summed E-state index contributed by atoms with van der Waals surface area (Å²) in [5, 5.41) is 5.15. The fraction of sp³-hybridized carbons (Fsp3) is 0.0833. The number of fused-ring (bicyclic) bond motifs is 1. The number of hydrogen-bond acceptors (Lipinski definition) is 5. The van der Waals surface area contributed by atoms with Gasteiger partial charge in [0.1, 0.15) is 6.33 Å². The van der Waals surface area contributed by atoms with Gasteiger partial charge in [-0.15, -0.1) is 0 Å². The highest BCUT2D eigenvalue weighted by atomic mass is 15.3. The molecule has 0 aliphatic rings. The molecule has 0 radical (unpaired) electrons. The van der Waals surface area contributed by atoms with Gasteiger partial charge >= 0.3 is 0 Å². The van der Waals surface area contributed by atoms with Gasteiger partial charge in [-0.1, -0.05) is 18.2 Å². The molecule has 0 atom stereocenters. The fourth-order valence-corrected chi connectivity index (χ4v) is 1.94. The average molecular weight is 240 g/mol. The number of nitrogens with zero attached hydrogens (tertiary/aromatic N) is 4. The Labute approximate surface area is 103 Å². The molecule has 6 heteroatoms. The van der Waals surface area contributed by atoms with Crippen molar-refractivity contribution in [2.24, 2.45) is 5.84 Å². The average Bonchev–Trinajstić information content (AvgIpc) is 2.83. The molecule has 0 aliphatic carbocycles. The van der Waals surface area contributed by atoms with Crippen molar-refractivity contribution in [3.8, 4) is 5.69 Å². The van der Waals surface area contributed by atoms with Gasteiger partial charge in [0.2, 0.25) is 0 Å². The largest absolute Gasteiger partial charge is 0.308 e. The Morgan fingerprint density at radius 2 is 2.06 bits per heavy atom. The first-order chi connectivity index (χ1) is 8.81. The predicted octanol–water partition coefficient (Wildman–Crippen LogP) is 1.41. The number of benzene rings is 1. The van der Waals surface area contributed by atoms with E-state index in [1.807, 2.05) is 31.2 Å². The second kappa shape index (κ2) is 4.08. The lowest BCUT2D eigenvalue weighted by molar-refractivity contribution is 0.887. The molecule has 0 aliphatic heterocycles. The molecule has 1 aromatic carbocycles. The van der Waals surface area contributed by atoms with E-state index in [2.05, 4.69) is 20.5 Å². The standard InChI is InChI=1S/C12H12N6/c1-8-4-2-3-5-10(8)18-12-9(6-16-18)11(17-13)14-7-15-12/h2-7H,13H2,1H3,(H,14,15,17). The molecule has 0 unspecified atom stereocenters. The van der Waals surface area contributed by atoms with Crippen LogP contribution < -0.4 is 11.3 Å². The van der Waals surface area contributed by atoms with Crippen molar-refractivity contribution in [2.75, 3.05) is 5.43 Å². The molecular weight excluding hydrogens is 228 g/mol. The maximum atomic E-state index is 5.42. The summed E-state index contributed by atoms with van der Waals surface area (Å²) in [4.78, 5) is 8.32. The summed E-state index contributed by atoms with van der Waals surface area (Å²) >= 11 is 0. The van der Waals surface area contributed by atoms with Crippen molar-refractivity contribution in [2.45, 2.75) is 6.92 Å². The number of nitrogens with two attached hydrogens (primary N) is 1. The lowest BCUT2D eigenvalue weighted by Gasteiger charge is -2.06. The van der Waals surface area contributed by atoms with E-state index in [0.717, 1.165) is 22.3 Å². The van der Waals surface area contributed by atoms with Gasteiger partial charge in [0.25, 0.3) is 0 Å². The van der Waals surface area contributed by atoms with E-state index >= 15 is 0 Å². The number of nitrogen functional groups attached to an aromatic ring is 1. The Balaban J connectivity index is 2.29. The van der Waals surface area contributed by atoms with E-state index in [1.54, 1.807) is 10.9 Å². The number of hydrazine groups is 1. The van der Waals surface area contributed by atoms with E-state index in [0.29, 0.717) is 5.82 Å². The van der Waals surface area contributed by atoms with Gasteiger partial charge < -0.3 is 5.43 Å². The Morgan fingerprint density at radius 3 is 2.83 bits per heavy atom. The lowest BCUT2D eigenvalue weighted by Crippen LogP contribution is -2.09. The normalized spacial score (nSPS) is 10.8. The monoisotopic (exact) mass is 240 g/mol. The molecule has 3 rings (SSSR count). The van der Waals surface area contributed by atoms with Crippen LogP contribution in [0.4, 0.5) is 5.82 Å². The van der Waals surface area contributed by atoms with E-state index in [9.17, 15) is 0 Å². The molecule has 0 fully saturated rings. The van der Waals surface area contributed by atoms with Crippen molar-refractivity contribution in [1.29, 1.82) is 0 Å². The molecule has 18 heavy (non-hydrogen) atoms. The first kappa shape index (κ1) is 10.7. The van der Waals surface area contributed by atoms with Gasteiger partial charge in [-0.3, -0.25) is 0 Å². The maximum Gasteiger partial charge on any atom is 0.168 e. The zero-order valence-corrected chi connectivity index (χ0v) is 9.83. The lowest BCUT2D eigenvalue weighted by atomic mass is 10.2. The predicted molar refractivity (Wildman–Crippen MR) is 69.2 cm³/mol. The molecule has 0 saturated carbocycles. The number of nitrogens with one attached hydrogen (secondary N) is 1. The minimum atomic E-state index is 0.569. The van der Waals surface area contributed by atoms with Crippen LogP contribution in [0.3, 0.4) is 0 Å². The summed E-state index contributed by atoms with van der Waals surface area (Å²) in [5.41, 5.74) is 5.40. The van der Waals surface area contributed by atoms with E-state index in [-0.39, 0.29) is 0 Å². The molecule has 0 saturated heterocycles. The van der Waals surface area contributed by atoms with Crippen molar-refractivity contribution in [3.05, 3.63) is 42.4 Å². The van der Waals surface area contributed by atoms with Gasteiger partial charge in [-0.25, -0.2) is 20.5 Å². The van der Waals surface area contributed by atoms with Gasteiger partial charge in [-0.05, 0) is 18.6 Å². The van der Waals surface area contributed by atoms with Crippen molar-refractivity contribution < 1.29 is 0 Å². The Bertz CT molecular complexity index is 703. The van der Waals surface area contributed by atoms with Crippen LogP contribution in [0.15, 0.2) is 36.8 Å². The first-order valence-corrected chi connectivity index (χ1v) is 5.52. The highest BCUT2D eigenvalue weighted by Gasteiger charge is 2.11. The number of anilines is 1. The van der Waals surface area contributed by atoms with Crippen molar-refractivity contribution >= 4 is 16.9 Å². The van der Waals surface area contributed by atoms with E-state index in [4.69, 9.17) is 5.84 Å². The third-order valence-electron chi connectivity index (χ3n) is 2.85. The van der Waals surface area contributed by atoms with Crippen molar-refractivity contribution in [1.82, 2.24) is 19.7 Å². The molecule has 2 heterocycles. The van der Waals surface area contributed by atoms with Gasteiger partial charge in [0, 0.05) is 0 Å². The second-order valence-corrected chi connectivity index (χ2v) is 3.95. The summed E-state index contributed by atoms with van der Waals surface area (Å²) in [6, 6.07) is 8.00. The van der Waals surface area contributed by atoms with Gasteiger partial charge in [0.15, 0.2) is 11.5 Å². The Hall–Kier alpha value is -2.47. The molecule has 3 N–H and O–H groups in total. The molecule has 0 amide bonds. The SMILES string of the molecule is Cc1ccccc1-n1ncc2c(NN)ncnc21. The minimum Gasteiger partial charge on any atom is -0.308 e. The molecule has 90 valence electrons. The van der Waals surface area contributed by atoms with Crippen LogP contribution in [-0.4, -0.2) is 19.7 Å². The number of rotatable bonds is 2. The van der Waals surface area contributed by atoms with E-state index in [1.165, 1.54) is 6.33 Å². The van der Waals surface area contributed by atoms with Crippen LogP contribution in [0.2, 0.25) is 0 Å². The minimum absolute atomic E-state index is 0.569. The topological polar surface area (TPSA) is 81.7 Å². The zero-order valence-electron chi connectivity index (χ0n) is 9.83. The van der Waals surface area contributed by atoms with Crippen LogP contribution >= 0.6 is 0 Å². The summed E-state index contributed by atoms with van der Waals surface area (Å²) in [6.45, 7) is 2.03. The van der Waals surface area contributed by atoms with Gasteiger partial charge in [0.05, 0.1) is 17.3 Å². The Kier molecular flexibility index (Phi) is 2.42. The summed E-state index contributed by atoms with van der Waals surface area (Å²) in [6.07, 6.45) is 3.17. The van der Waals surface area contributed by atoms with Crippen LogP contribution in [-0.2, 0) is 0 Å². The number of hydrogen-bond donors (Lipinski definition) is 2.